The molecule has 0 aliphatic carbocycles. The van der Waals surface area contributed by atoms with Crippen LogP contribution < -0.4 is 21.3 Å². The standard InChI is InChI=1S/C4H7NO4.C4H5NO2/c5-2(4(8)9)1-3(6)7;6-3-1-2-4(7)5-3/h2H,1,5H2,(H,6,7)(H,8,9);1-2H2,(H,5,6,7)/p-2/t2-;/m0./s1. The zero-order chi connectivity index (χ0) is 12.7. The van der Waals surface area contributed by atoms with Crippen molar-refractivity contribution in [3.63, 3.8) is 0 Å². The summed E-state index contributed by atoms with van der Waals surface area (Å²) >= 11 is 0. The van der Waals surface area contributed by atoms with Gasteiger partial charge >= 0.3 is 0 Å². The summed E-state index contributed by atoms with van der Waals surface area (Å²) in [5.41, 5.74) is 4.73. The first-order valence-electron chi connectivity index (χ1n) is 4.32. The summed E-state index contributed by atoms with van der Waals surface area (Å²) in [6, 6.07) is -1.46. The zero-order valence-corrected chi connectivity index (χ0v) is 8.23. The average Bonchev–Trinajstić information content (AvgIpc) is 2.49. The van der Waals surface area contributed by atoms with Gasteiger partial charge in [0.25, 0.3) is 0 Å². The highest BCUT2D eigenvalue weighted by Gasteiger charge is 2.15. The van der Waals surface area contributed by atoms with E-state index in [0.29, 0.717) is 12.8 Å². The molecule has 8 nitrogen and oxygen atoms in total. The molecule has 0 aromatic heterocycles. The van der Waals surface area contributed by atoms with Gasteiger partial charge in [0, 0.05) is 31.3 Å². The maximum atomic E-state index is 10.1. The molecule has 0 aromatic carbocycles. The van der Waals surface area contributed by atoms with Crippen LogP contribution in [0.3, 0.4) is 0 Å². The van der Waals surface area contributed by atoms with Gasteiger partial charge in [-0.1, -0.05) is 0 Å². The molecule has 0 bridgehead atoms. The van der Waals surface area contributed by atoms with E-state index < -0.39 is 24.4 Å². The maximum Gasteiger partial charge on any atom is 0.227 e. The summed E-state index contributed by atoms with van der Waals surface area (Å²) in [7, 11) is 0. The summed E-state index contributed by atoms with van der Waals surface area (Å²) in [6.45, 7) is 0. The lowest BCUT2D eigenvalue weighted by Gasteiger charge is -2.11. The number of carbonyl (C=O) groups excluding carboxylic acids is 4. The SMILES string of the molecule is N[C@@H](CC(=O)[O-])C(=O)[O-].O=C1CCC(=O)N1. The van der Waals surface area contributed by atoms with E-state index in [1.165, 1.54) is 0 Å². The van der Waals surface area contributed by atoms with Crippen LogP contribution >= 0.6 is 0 Å². The number of carboxylic acids is 2. The number of carboxylic acid groups (broad SMARTS) is 2. The van der Waals surface area contributed by atoms with Crippen LogP contribution in [0.25, 0.3) is 0 Å². The van der Waals surface area contributed by atoms with Crippen LogP contribution in [-0.4, -0.2) is 29.8 Å². The molecule has 1 aliphatic rings. The van der Waals surface area contributed by atoms with Crippen LogP contribution in [0.2, 0.25) is 0 Å². The van der Waals surface area contributed by atoms with E-state index in [4.69, 9.17) is 5.73 Å². The molecule has 16 heavy (non-hydrogen) atoms. The summed E-state index contributed by atoms with van der Waals surface area (Å²) in [6.07, 6.45) is 0.0417. The Labute approximate surface area is 90.4 Å². The van der Waals surface area contributed by atoms with Gasteiger partial charge in [-0.2, -0.15) is 0 Å². The number of amides is 2. The molecule has 1 rings (SSSR count). The molecule has 2 amide bonds. The maximum absolute atomic E-state index is 10.1. The lowest BCUT2D eigenvalue weighted by molar-refractivity contribution is -0.316. The molecule has 1 atom stereocenters. The highest BCUT2D eigenvalue weighted by Crippen LogP contribution is 1.95. The summed E-state index contributed by atoms with van der Waals surface area (Å²) in [4.78, 5) is 39.6. The molecular weight excluding hydrogens is 220 g/mol. The average molecular weight is 230 g/mol. The minimum atomic E-state index is -1.58. The van der Waals surface area contributed by atoms with Gasteiger partial charge in [-0.15, -0.1) is 0 Å². The van der Waals surface area contributed by atoms with Crippen molar-refractivity contribution in [2.45, 2.75) is 25.3 Å². The molecule has 3 N–H and O–H groups in total. The van der Waals surface area contributed by atoms with Crippen molar-refractivity contribution in [1.82, 2.24) is 5.32 Å². The normalized spacial score (nSPS) is 15.8. The molecule has 1 saturated heterocycles. The fourth-order valence-corrected chi connectivity index (χ4v) is 0.770. The van der Waals surface area contributed by atoms with E-state index in [1.54, 1.807) is 0 Å². The molecule has 1 aliphatic heterocycles. The monoisotopic (exact) mass is 230 g/mol. The smallest absolute Gasteiger partial charge is 0.227 e. The van der Waals surface area contributed by atoms with Gasteiger partial charge in [0.1, 0.15) is 0 Å². The molecule has 8 heteroatoms. The number of rotatable bonds is 3. The van der Waals surface area contributed by atoms with Gasteiger partial charge in [-0.3, -0.25) is 14.9 Å². The third-order valence-electron chi connectivity index (χ3n) is 1.55. The first-order chi connectivity index (χ1) is 7.32. The van der Waals surface area contributed by atoms with Gasteiger partial charge < -0.3 is 25.5 Å². The Balaban J connectivity index is 0.000000288. The van der Waals surface area contributed by atoms with Crippen molar-refractivity contribution in [1.29, 1.82) is 0 Å². The number of hydrogen-bond acceptors (Lipinski definition) is 7. The molecule has 0 saturated carbocycles. The minimum Gasteiger partial charge on any atom is -0.550 e. The van der Waals surface area contributed by atoms with Crippen LogP contribution in [0.1, 0.15) is 19.3 Å². The van der Waals surface area contributed by atoms with Crippen molar-refractivity contribution in [2.75, 3.05) is 0 Å². The molecule has 0 spiro atoms. The third-order valence-corrected chi connectivity index (χ3v) is 1.55. The predicted octanol–water partition coefficient (Wildman–Crippen LogP) is -4.37. The molecular formula is C8H10N2O6-2. The second kappa shape index (κ2) is 6.51. The largest absolute Gasteiger partial charge is 0.550 e. The molecule has 0 radical (unpaired) electrons. The van der Waals surface area contributed by atoms with Crippen LogP contribution in [0.5, 0.6) is 0 Å². The van der Waals surface area contributed by atoms with Gasteiger partial charge in [0.15, 0.2) is 0 Å². The number of aliphatic carboxylic acids is 2. The minimum absolute atomic E-state index is 0.148. The Morgan fingerprint density at radius 3 is 1.81 bits per heavy atom. The fraction of sp³-hybridized carbons (Fsp3) is 0.500. The molecule has 0 aromatic rings. The fourth-order valence-electron chi connectivity index (χ4n) is 0.770. The number of nitrogens with one attached hydrogen (secondary N) is 1. The topological polar surface area (TPSA) is 152 Å². The van der Waals surface area contributed by atoms with Crippen molar-refractivity contribution >= 4 is 23.8 Å². The Morgan fingerprint density at radius 2 is 1.69 bits per heavy atom. The summed E-state index contributed by atoms with van der Waals surface area (Å²) < 4.78 is 0. The molecule has 90 valence electrons. The Hall–Kier alpha value is -1.96. The summed E-state index contributed by atoms with van der Waals surface area (Å²) in [5, 5.41) is 21.5. The first-order valence-corrected chi connectivity index (χ1v) is 4.32. The highest BCUT2D eigenvalue weighted by atomic mass is 16.4. The summed E-state index contributed by atoms with van der Waals surface area (Å²) in [5.74, 6) is -3.37. The van der Waals surface area contributed by atoms with Crippen LogP contribution in [-0.2, 0) is 19.2 Å². The second-order valence-corrected chi connectivity index (χ2v) is 2.97. The predicted molar refractivity (Wildman–Crippen MR) is 45.0 cm³/mol. The van der Waals surface area contributed by atoms with Crippen LogP contribution in [0.15, 0.2) is 0 Å². The first kappa shape index (κ1) is 14.0. The van der Waals surface area contributed by atoms with Crippen molar-refractivity contribution < 1.29 is 29.4 Å². The number of carbonyl (C=O) groups is 4. The van der Waals surface area contributed by atoms with Crippen molar-refractivity contribution in [3.05, 3.63) is 0 Å². The lowest BCUT2D eigenvalue weighted by Crippen LogP contribution is -2.45. The van der Waals surface area contributed by atoms with E-state index in [0.717, 1.165) is 0 Å². The third kappa shape index (κ3) is 6.49. The van der Waals surface area contributed by atoms with E-state index in [2.05, 4.69) is 5.32 Å². The Morgan fingerprint density at radius 1 is 1.25 bits per heavy atom. The highest BCUT2D eigenvalue weighted by molar-refractivity contribution is 6.01. The Kier molecular flexibility index (Phi) is 5.71. The van der Waals surface area contributed by atoms with E-state index in [9.17, 15) is 29.4 Å². The van der Waals surface area contributed by atoms with Gasteiger partial charge in [-0.05, 0) is 0 Å². The molecule has 0 unspecified atom stereocenters. The van der Waals surface area contributed by atoms with Gasteiger partial charge in [0.05, 0.1) is 5.97 Å². The Bertz CT molecular complexity index is 300. The van der Waals surface area contributed by atoms with E-state index >= 15 is 0 Å². The second-order valence-electron chi connectivity index (χ2n) is 2.97. The van der Waals surface area contributed by atoms with Crippen molar-refractivity contribution in [2.24, 2.45) is 5.73 Å². The zero-order valence-electron chi connectivity index (χ0n) is 8.23. The number of nitrogens with two attached hydrogens (primary N) is 1. The van der Waals surface area contributed by atoms with Crippen molar-refractivity contribution in [3.8, 4) is 0 Å². The molecule has 1 heterocycles. The van der Waals surface area contributed by atoms with Crippen LogP contribution in [0, 0.1) is 0 Å². The van der Waals surface area contributed by atoms with Gasteiger partial charge in [-0.25, -0.2) is 0 Å². The van der Waals surface area contributed by atoms with E-state index in [-0.39, 0.29) is 11.8 Å². The van der Waals surface area contributed by atoms with E-state index in [1.807, 2.05) is 0 Å². The molecule has 1 fully saturated rings. The van der Waals surface area contributed by atoms with Gasteiger partial charge in [0.2, 0.25) is 11.8 Å². The number of hydrogen-bond donors (Lipinski definition) is 2. The lowest BCUT2D eigenvalue weighted by atomic mass is 10.2. The van der Waals surface area contributed by atoms with Crippen LogP contribution in [0.4, 0.5) is 0 Å². The number of imide groups is 1. The quantitative estimate of drug-likeness (QED) is 0.464.